The number of hydrogen-bond donors (Lipinski definition) is 2. The van der Waals surface area contributed by atoms with E-state index in [-0.39, 0.29) is 35.9 Å². The van der Waals surface area contributed by atoms with Crippen molar-refractivity contribution in [2.75, 3.05) is 31.6 Å². The zero-order chi connectivity index (χ0) is 18.7. The molecule has 2 aliphatic rings. The van der Waals surface area contributed by atoms with Crippen molar-refractivity contribution in [1.29, 1.82) is 0 Å². The van der Waals surface area contributed by atoms with Crippen LogP contribution >= 0.6 is 24.0 Å². The highest BCUT2D eigenvalue weighted by atomic mass is 127. The monoisotopic (exact) mass is 485 g/mol. The summed E-state index contributed by atoms with van der Waals surface area (Å²) in [7, 11) is 1.77. The van der Waals surface area contributed by atoms with Gasteiger partial charge in [-0.25, -0.2) is 4.79 Å². The predicted molar refractivity (Wildman–Crippen MR) is 118 cm³/mol. The fourth-order valence-corrected chi connectivity index (χ4v) is 3.48. The first-order valence-electron chi connectivity index (χ1n) is 9.20. The third-order valence-electron chi connectivity index (χ3n) is 5.25. The van der Waals surface area contributed by atoms with Crippen LogP contribution in [0.15, 0.2) is 29.3 Å². The molecule has 1 aromatic rings. The smallest absolute Gasteiger partial charge is 0.325 e. The number of guanidine groups is 1. The van der Waals surface area contributed by atoms with Crippen LogP contribution < -0.4 is 15.5 Å². The van der Waals surface area contributed by atoms with E-state index in [9.17, 15) is 9.59 Å². The fraction of sp³-hybridized carbons (Fsp3) is 0.526. The van der Waals surface area contributed by atoms with Gasteiger partial charge in [-0.05, 0) is 37.8 Å². The van der Waals surface area contributed by atoms with Crippen LogP contribution in [0.5, 0.6) is 0 Å². The van der Waals surface area contributed by atoms with Gasteiger partial charge in [-0.15, -0.1) is 24.0 Å². The summed E-state index contributed by atoms with van der Waals surface area (Å²) in [6.45, 7) is 5.63. The number of aliphatic imine (C=N–C) groups is 1. The Hall–Kier alpha value is -1.84. The molecule has 0 bridgehead atoms. The van der Waals surface area contributed by atoms with Crippen LogP contribution in [0.1, 0.15) is 32.3 Å². The first kappa shape index (κ1) is 21.5. The Morgan fingerprint density at radius 1 is 1.33 bits per heavy atom. The van der Waals surface area contributed by atoms with E-state index in [0.717, 1.165) is 18.9 Å². The van der Waals surface area contributed by atoms with Crippen molar-refractivity contribution >= 4 is 47.6 Å². The lowest BCUT2D eigenvalue weighted by atomic mass is 9.99. The van der Waals surface area contributed by atoms with E-state index in [2.05, 4.69) is 38.7 Å². The standard InChI is InChI=1S/C19H27N5O2.HI/c1-4-19(2)16(25)24(18(26)22-19)12-7-11-21-17(20-3)23-13-10-14-8-5-6-9-15(14)23;/h5-6,8-9H,4,7,10-13H2,1-3H3,(H,20,21)(H,22,26);1H. The number of benzene rings is 1. The Bertz CT molecular complexity index is 739. The van der Waals surface area contributed by atoms with Gasteiger partial charge in [-0.1, -0.05) is 25.1 Å². The minimum atomic E-state index is -0.764. The lowest BCUT2D eigenvalue weighted by molar-refractivity contribution is -0.130. The number of hydrogen-bond acceptors (Lipinski definition) is 3. The van der Waals surface area contributed by atoms with Gasteiger partial charge in [0.2, 0.25) is 0 Å². The molecule has 2 N–H and O–H groups in total. The quantitative estimate of drug-likeness (QED) is 0.221. The van der Waals surface area contributed by atoms with Crippen LogP contribution in [0.2, 0.25) is 0 Å². The highest BCUT2D eigenvalue weighted by Crippen LogP contribution is 2.27. The van der Waals surface area contributed by atoms with Gasteiger partial charge in [0.15, 0.2) is 5.96 Å². The van der Waals surface area contributed by atoms with Crippen LogP contribution in [-0.4, -0.2) is 55.0 Å². The highest BCUT2D eigenvalue weighted by molar-refractivity contribution is 14.0. The van der Waals surface area contributed by atoms with Gasteiger partial charge in [0.25, 0.3) is 5.91 Å². The number of anilines is 1. The van der Waals surface area contributed by atoms with Gasteiger partial charge in [0.05, 0.1) is 0 Å². The van der Waals surface area contributed by atoms with E-state index in [4.69, 9.17) is 0 Å². The maximum atomic E-state index is 12.4. The Morgan fingerprint density at radius 2 is 2.07 bits per heavy atom. The maximum absolute atomic E-state index is 12.4. The average Bonchev–Trinajstić information content (AvgIpc) is 3.16. The average molecular weight is 485 g/mol. The molecule has 1 atom stereocenters. The zero-order valence-corrected chi connectivity index (χ0v) is 18.4. The molecular formula is C19H28IN5O2. The number of nitrogens with zero attached hydrogens (tertiary/aromatic N) is 3. The van der Waals surface area contributed by atoms with E-state index in [1.54, 1.807) is 14.0 Å². The Morgan fingerprint density at radius 3 is 2.74 bits per heavy atom. The number of imide groups is 1. The molecule has 27 heavy (non-hydrogen) atoms. The van der Waals surface area contributed by atoms with E-state index in [0.29, 0.717) is 25.9 Å². The van der Waals surface area contributed by atoms with E-state index < -0.39 is 5.54 Å². The number of carbonyl (C=O) groups is 2. The van der Waals surface area contributed by atoms with Crippen molar-refractivity contribution < 1.29 is 9.59 Å². The number of amides is 3. The van der Waals surface area contributed by atoms with Crippen molar-refractivity contribution in [2.45, 2.75) is 38.6 Å². The summed E-state index contributed by atoms with van der Waals surface area (Å²) >= 11 is 0. The van der Waals surface area contributed by atoms with Gasteiger partial charge in [0.1, 0.15) is 5.54 Å². The maximum Gasteiger partial charge on any atom is 0.325 e. The summed E-state index contributed by atoms with van der Waals surface area (Å²) in [5.41, 5.74) is 1.75. The summed E-state index contributed by atoms with van der Waals surface area (Å²) < 4.78 is 0. The molecule has 0 radical (unpaired) electrons. The fourth-order valence-electron chi connectivity index (χ4n) is 3.48. The van der Waals surface area contributed by atoms with Crippen molar-refractivity contribution in [3.8, 4) is 0 Å². The van der Waals surface area contributed by atoms with E-state index >= 15 is 0 Å². The Labute approximate surface area is 177 Å². The van der Waals surface area contributed by atoms with Crippen molar-refractivity contribution in [1.82, 2.24) is 15.5 Å². The van der Waals surface area contributed by atoms with Crippen molar-refractivity contribution in [3.05, 3.63) is 29.8 Å². The second-order valence-corrected chi connectivity index (χ2v) is 6.93. The summed E-state index contributed by atoms with van der Waals surface area (Å²) in [5.74, 6) is 0.688. The number of nitrogens with one attached hydrogen (secondary N) is 2. The van der Waals surface area contributed by atoms with Crippen molar-refractivity contribution in [3.63, 3.8) is 0 Å². The van der Waals surface area contributed by atoms with E-state index in [1.165, 1.54) is 16.2 Å². The lowest BCUT2D eigenvalue weighted by Gasteiger charge is -2.23. The summed E-state index contributed by atoms with van der Waals surface area (Å²) in [6.07, 6.45) is 2.27. The van der Waals surface area contributed by atoms with Gasteiger partial charge >= 0.3 is 6.03 Å². The van der Waals surface area contributed by atoms with Crippen LogP contribution in [0.4, 0.5) is 10.5 Å². The van der Waals surface area contributed by atoms with Gasteiger partial charge < -0.3 is 15.5 Å². The number of urea groups is 1. The molecule has 7 nitrogen and oxygen atoms in total. The third-order valence-corrected chi connectivity index (χ3v) is 5.25. The SMILES string of the molecule is CCC1(C)NC(=O)N(CCCNC(=NC)N2CCc3ccccc32)C1=O.I. The molecule has 2 aliphatic heterocycles. The minimum absolute atomic E-state index is 0. The summed E-state index contributed by atoms with van der Waals surface area (Å²) in [5, 5.41) is 6.13. The second kappa shape index (κ2) is 8.90. The second-order valence-electron chi connectivity index (χ2n) is 6.93. The first-order chi connectivity index (χ1) is 12.5. The summed E-state index contributed by atoms with van der Waals surface area (Å²) in [6, 6.07) is 8.05. The van der Waals surface area contributed by atoms with Crippen LogP contribution in [0.3, 0.4) is 0 Å². The molecule has 8 heteroatoms. The molecule has 148 valence electrons. The molecule has 0 aromatic heterocycles. The highest BCUT2D eigenvalue weighted by Gasteiger charge is 2.45. The molecule has 3 rings (SSSR count). The summed E-state index contributed by atoms with van der Waals surface area (Å²) in [4.78, 5) is 32.3. The zero-order valence-electron chi connectivity index (χ0n) is 16.1. The largest absolute Gasteiger partial charge is 0.356 e. The molecule has 1 aromatic carbocycles. The Balaban J connectivity index is 0.00000261. The lowest BCUT2D eigenvalue weighted by Crippen LogP contribution is -2.43. The number of halogens is 1. The number of fused-ring (bicyclic) bond motifs is 1. The topological polar surface area (TPSA) is 77.0 Å². The number of para-hydroxylation sites is 1. The first-order valence-corrected chi connectivity index (χ1v) is 9.20. The normalized spacial score (nSPS) is 21.8. The molecular weight excluding hydrogens is 457 g/mol. The van der Waals surface area contributed by atoms with Crippen LogP contribution in [0.25, 0.3) is 0 Å². The van der Waals surface area contributed by atoms with Crippen LogP contribution in [0, 0.1) is 0 Å². The Kier molecular flexibility index (Phi) is 7.07. The molecule has 0 saturated carbocycles. The molecule has 0 spiro atoms. The van der Waals surface area contributed by atoms with E-state index in [1.807, 2.05) is 13.0 Å². The molecule has 1 saturated heterocycles. The molecule has 0 aliphatic carbocycles. The molecule has 2 heterocycles. The molecule has 1 unspecified atom stereocenters. The number of carbonyl (C=O) groups excluding carboxylic acids is 2. The molecule has 1 fully saturated rings. The third kappa shape index (κ3) is 4.20. The van der Waals surface area contributed by atoms with Crippen LogP contribution in [-0.2, 0) is 11.2 Å². The van der Waals surface area contributed by atoms with Gasteiger partial charge in [0, 0.05) is 32.4 Å². The van der Waals surface area contributed by atoms with Gasteiger partial charge in [-0.3, -0.25) is 14.7 Å². The predicted octanol–water partition coefficient (Wildman–Crippen LogP) is 2.35. The number of rotatable bonds is 5. The molecule has 3 amide bonds. The van der Waals surface area contributed by atoms with Crippen molar-refractivity contribution in [2.24, 2.45) is 4.99 Å². The van der Waals surface area contributed by atoms with Gasteiger partial charge in [-0.2, -0.15) is 0 Å². The minimum Gasteiger partial charge on any atom is -0.356 e.